The molecule has 2 aliphatic carbocycles. The number of benzene rings is 4. The Hall–Kier alpha value is -5.02. The van der Waals surface area contributed by atoms with E-state index in [1.807, 2.05) is 54.6 Å². The van der Waals surface area contributed by atoms with Gasteiger partial charge in [0.2, 0.25) is 40.1 Å². The number of nitrogens with one attached hydrogen (secondary N) is 4. The van der Waals surface area contributed by atoms with Crippen LogP contribution in [-0.2, 0) is 124 Å². The number of ether oxygens (including phenoxy) is 13. The third kappa shape index (κ3) is 27.3. The van der Waals surface area contributed by atoms with E-state index in [-0.39, 0.29) is 141 Å². The summed E-state index contributed by atoms with van der Waals surface area (Å²) in [6.07, 6.45) is -3.95. The Bertz CT molecular complexity index is 3490. The molecule has 4 aromatic rings. The highest BCUT2D eigenvalue weighted by molar-refractivity contribution is 7.90. The van der Waals surface area contributed by atoms with Crippen molar-refractivity contribution in [3.05, 3.63) is 106 Å². The quantitative estimate of drug-likeness (QED) is 0.0306. The normalized spacial score (nSPS) is 16.2. The lowest BCUT2D eigenvalue weighted by molar-refractivity contribution is -0.136. The zero-order chi connectivity index (χ0) is 69.2. The van der Waals surface area contributed by atoms with Crippen LogP contribution in [0.3, 0.4) is 0 Å². The number of hydrogen-bond acceptors (Lipinski definition) is 23. The van der Waals surface area contributed by atoms with Crippen molar-refractivity contribution in [3.8, 4) is 33.4 Å². The number of carboxylic acid groups (broad SMARTS) is 1. The summed E-state index contributed by atoms with van der Waals surface area (Å²) in [7, 11) is -9.02. The summed E-state index contributed by atoms with van der Waals surface area (Å²) >= 11 is 0. The number of carbonyl (C=O) groups is 2. The predicted molar refractivity (Wildman–Crippen MR) is 356 cm³/mol. The topological polar surface area (TPSA) is 359 Å². The molecule has 4 atom stereocenters. The summed E-state index contributed by atoms with van der Waals surface area (Å²) in [4.78, 5) is 23.6. The fraction of sp³-hybridized carbons (Fsp3) is 0.594. The van der Waals surface area contributed by atoms with Crippen LogP contribution in [0.15, 0.2) is 72.8 Å². The van der Waals surface area contributed by atoms with Crippen molar-refractivity contribution in [2.45, 2.75) is 63.1 Å². The molecule has 6 rings (SSSR count). The van der Waals surface area contributed by atoms with Gasteiger partial charge in [0.1, 0.15) is 31.0 Å². The smallest absolute Gasteiger partial charge is 0.307 e. The zero-order valence-corrected chi connectivity index (χ0v) is 58.3. The molecule has 96 heavy (non-hydrogen) atoms. The van der Waals surface area contributed by atoms with Crippen LogP contribution < -0.4 is 18.9 Å². The molecule has 32 heteroatoms. The zero-order valence-electron chi connectivity index (χ0n) is 55.0. The molecule has 0 heterocycles. The molecule has 0 fully saturated rings. The molecule has 5 N–H and O–H groups in total. The van der Waals surface area contributed by atoms with Gasteiger partial charge in [0.15, 0.2) is 0 Å². The maximum absolute atomic E-state index is 13.2. The van der Waals surface area contributed by atoms with Gasteiger partial charge in [0, 0.05) is 81.0 Å². The van der Waals surface area contributed by atoms with E-state index < -0.39 is 70.5 Å². The first-order chi connectivity index (χ1) is 46.2. The van der Waals surface area contributed by atoms with Gasteiger partial charge in [-0.05, 0) is 111 Å². The van der Waals surface area contributed by atoms with Crippen LogP contribution in [0.25, 0.3) is 33.4 Å². The van der Waals surface area contributed by atoms with Gasteiger partial charge in [-0.2, -0.15) is 0 Å². The summed E-state index contributed by atoms with van der Waals surface area (Å²) < 4.78 is 190. The number of rotatable bonds is 54. The Kier molecular flexibility index (Phi) is 35.1. The average Bonchev–Trinajstić information content (AvgIpc) is 0.748. The monoisotopic (exact) mass is 1430 g/mol. The molecule has 0 bridgehead atoms. The molecule has 538 valence electrons. The van der Waals surface area contributed by atoms with Crippen molar-refractivity contribution in [3.63, 3.8) is 0 Å². The first-order valence-corrected chi connectivity index (χ1v) is 38.3. The number of aliphatic carboxylic acids is 1. The van der Waals surface area contributed by atoms with Crippen molar-refractivity contribution in [1.82, 2.24) is 18.9 Å². The van der Waals surface area contributed by atoms with Crippen LogP contribution in [0.2, 0.25) is 0 Å². The van der Waals surface area contributed by atoms with Crippen LogP contribution in [-0.4, -0.2) is 235 Å². The van der Waals surface area contributed by atoms with Crippen molar-refractivity contribution >= 4 is 52.5 Å². The standard InChI is InChI=1S/C64H94N4O24S4/c1-80-29-33-84-25-17-65-93(72,73)37-5-21-89-61-56-41-48(43-60(70)71)9-13-52(56)54-15-11-50(44-58(54)63(61)91-23-7-39-95(76,77)67-19-27-86-35-31-82-3)51-12-16-55-53-14-10-49(46-88-47-69)42-57(53)62(90-22-6-38-94(74,75)66-18-26-85-34-30-81-2)64(59(55)45-51)92-24-8-40-96(78,79)68-20-28-87-36-32-83-4/h9-16,41-42,44-45,47,61-68H,5-8,17-40,43,46H2,1-4H3,(H,70,71). The SMILES string of the molecule is COCCOCCNS(=O)(=O)CCCOC1c2cc(COC=O)ccc2-c2ccc(-c3ccc4c(c3)C(OCCCS(=O)(=O)NCCOCCOC)C(OCCCS(=O)(=O)NCCOCCOC)c3cc(CC(=O)O)ccc3-4)cc2C1OCCCS(=O)(=O)NCCOCCOC. The highest BCUT2D eigenvalue weighted by Gasteiger charge is 2.39. The summed E-state index contributed by atoms with van der Waals surface area (Å²) in [5, 5.41) is 9.93. The van der Waals surface area contributed by atoms with Gasteiger partial charge >= 0.3 is 5.97 Å². The Labute approximate surface area is 564 Å². The maximum atomic E-state index is 13.2. The lowest BCUT2D eigenvalue weighted by atomic mass is 9.78. The van der Waals surface area contributed by atoms with Gasteiger partial charge < -0.3 is 66.7 Å². The number of carboxylic acids is 1. The summed E-state index contributed by atoms with van der Waals surface area (Å²) in [5.41, 5.74) is 7.77. The van der Waals surface area contributed by atoms with E-state index in [0.29, 0.717) is 115 Å². The highest BCUT2D eigenvalue weighted by atomic mass is 32.2. The third-order valence-corrected chi connectivity index (χ3v) is 21.0. The second-order valence-electron chi connectivity index (χ2n) is 22.3. The lowest BCUT2D eigenvalue weighted by Gasteiger charge is -2.37. The van der Waals surface area contributed by atoms with E-state index in [1.165, 1.54) is 28.4 Å². The van der Waals surface area contributed by atoms with E-state index in [9.17, 15) is 48.4 Å². The van der Waals surface area contributed by atoms with Crippen LogP contribution in [0, 0.1) is 0 Å². The largest absolute Gasteiger partial charge is 0.481 e. The first kappa shape index (κ1) is 80.0. The number of carbonyl (C=O) groups excluding carboxylic acids is 1. The first-order valence-electron chi connectivity index (χ1n) is 31.7. The third-order valence-electron chi connectivity index (χ3n) is 15.1. The van der Waals surface area contributed by atoms with Gasteiger partial charge in [0.05, 0.1) is 109 Å². The highest BCUT2D eigenvalue weighted by Crippen LogP contribution is 2.52. The van der Waals surface area contributed by atoms with Crippen molar-refractivity contribution in [2.24, 2.45) is 0 Å². The van der Waals surface area contributed by atoms with Crippen molar-refractivity contribution < 1.29 is 110 Å². The molecule has 0 saturated heterocycles. The fourth-order valence-electron chi connectivity index (χ4n) is 10.7. The minimum atomic E-state index is -3.80. The number of hydrogen-bond donors (Lipinski definition) is 5. The van der Waals surface area contributed by atoms with Gasteiger partial charge in [-0.15, -0.1) is 0 Å². The lowest BCUT2D eigenvalue weighted by Crippen LogP contribution is -2.31. The van der Waals surface area contributed by atoms with E-state index in [1.54, 1.807) is 18.2 Å². The van der Waals surface area contributed by atoms with Crippen LogP contribution >= 0.6 is 0 Å². The van der Waals surface area contributed by atoms with E-state index in [0.717, 1.165) is 11.1 Å². The molecule has 0 aromatic heterocycles. The molecule has 28 nitrogen and oxygen atoms in total. The second kappa shape index (κ2) is 42.2. The average molecular weight is 1430 g/mol. The molecule has 0 amide bonds. The molecule has 4 aromatic carbocycles. The number of methoxy groups -OCH3 is 4. The Morgan fingerprint density at radius 1 is 0.396 bits per heavy atom. The molecular formula is C64H94N4O24S4. The molecular weight excluding hydrogens is 1340 g/mol. The van der Waals surface area contributed by atoms with Gasteiger partial charge in [-0.25, -0.2) is 52.6 Å². The number of fused-ring (bicyclic) bond motifs is 6. The maximum Gasteiger partial charge on any atom is 0.307 e. The van der Waals surface area contributed by atoms with Crippen LogP contribution in [0.4, 0.5) is 0 Å². The Morgan fingerprint density at radius 3 is 0.990 bits per heavy atom. The van der Waals surface area contributed by atoms with E-state index in [2.05, 4.69) is 18.9 Å². The van der Waals surface area contributed by atoms with E-state index in [4.69, 9.17) is 61.6 Å². The second-order valence-corrected chi connectivity index (χ2v) is 30.0. The summed E-state index contributed by atoms with van der Waals surface area (Å²) in [5.74, 6) is -2.27. The molecule has 4 unspecified atom stereocenters. The Morgan fingerprint density at radius 2 is 0.688 bits per heavy atom. The fourth-order valence-corrected chi connectivity index (χ4v) is 14.8. The summed E-state index contributed by atoms with van der Waals surface area (Å²) in [6, 6.07) is 22.3. The van der Waals surface area contributed by atoms with Crippen LogP contribution in [0.1, 0.15) is 83.5 Å². The van der Waals surface area contributed by atoms with Crippen molar-refractivity contribution in [2.75, 3.05) is 183 Å². The Balaban J connectivity index is 1.38. The molecule has 0 saturated carbocycles. The molecule has 2 aliphatic rings. The predicted octanol–water partition coefficient (Wildman–Crippen LogP) is 4.14. The van der Waals surface area contributed by atoms with E-state index >= 15 is 0 Å². The molecule has 0 radical (unpaired) electrons. The molecule has 0 aliphatic heterocycles. The van der Waals surface area contributed by atoms with Gasteiger partial charge in [-0.3, -0.25) is 9.59 Å². The number of sulfonamides is 4. The minimum Gasteiger partial charge on any atom is -0.481 e. The van der Waals surface area contributed by atoms with Crippen LogP contribution in [0.5, 0.6) is 0 Å². The van der Waals surface area contributed by atoms with Gasteiger partial charge in [-0.1, -0.05) is 54.6 Å². The van der Waals surface area contributed by atoms with Gasteiger partial charge in [0.25, 0.3) is 6.47 Å². The minimum absolute atomic E-state index is 0.0339. The molecule has 0 spiro atoms. The summed E-state index contributed by atoms with van der Waals surface area (Å²) in [6.45, 7) is 3.21. The van der Waals surface area contributed by atoms with Crippen molar-refractivity contribution in [1.29, 1.82) is 0 Å².